The van der Waals surface area contributed by atoms with Crippen LogP contribution >= 0.6 is 0 Å². The van der Waals surface area contributed by atoms with Gasteiger partial charge in [-0.25, -0.2) is 4.52 Å². The van der Waals surface area contributed by atoms with E-state index in [0.29, 0.717) is 12.1 Å². The predicted molar refractivity (Wildman–Crippen MR) is 102 cm³/mol. The van der Waals surface area contributed by atoms with E-state index in [1.54, 1.807) is 24.5 Å². The number of hydrogen-bond donors (Lipinski definition) is 0. The third-order valence-electron chi connectivity index (χ3n) is 5.69. The van der Waals surface area contributed by atoms with Gasteiger partial charge in [-0.2, -0.15) is 0 Å². The standard InChI is InChI=1S/C20H22N6O/c27-20(15-5-8-21-9-6-15)25-12-7-16(13-25)19-18-4-3-17(14-26(18)23-22-19)24-10-1-2-11-24/h3-6,8-9,14,16H,1-2,7,10-13H2. The van der Waals surface area contributed by atoms with Crippen LogP contribution in [0.4, 0.5) is 5.69 Å². The van der Waals surface area contributed by atoms with Gasteiger partial charge in [0.1, 0.15) is 0 Å². The SMILES string of the molecule is O=C(c1ccncc1)N1CCC(c2nnn3cc(N4CCCC4)ccc23)C1. The van der Waals surface area contributed by atoms with Gasteiger partial charge in [0.15, 0.2) is 0 Å². The Labute approximate surface area is 157 Å². The zero-order valence-electron chi connectivity index (χ0n) is 15.2. The molecule has 7 nitrogen and oxygen atoms in total. The number of pyridine rings is 2. The zero-order chi connectivity index (χ0) is 18.2. The minimum atomic E-state index is 0.0627. The minimum absolute atomic E-state index is 0.0627. The number of carbonyl (C=O) groups excluding carboxylic acids is 1. The number of amides is 1. The summed E-state index contributed by atoms with van der Waals surface area (Å²) in [5.74, 6) is 0.290. The Kier molecular flexibility index (Phi) is 3.99. The molecule has 0 bridgehead atoms. The maximum atomic E-state index is 12.7. The number of aromatic nitrogens is 4. The van der Waals surface area contributed by atoms with E-state index in [-0.39, 0.29) is 11.8 Å². The van der Waals surface area contributed by atoms with Crippen LogP contribution in [0, 0.1) is 0 Å². The molecule has 2 aliphatic heterocycles. The molecule has 2 fully saturated rings. The molecule has 5 rings (SSSR count). The summed E-state index contributed by atoms with van der Waals surface area (Å²) in [4.78, 5) is 21.0. The zero-order valence-corrected chi connectivity index (χ0v) is 15.2. The highest BCUT2D eigenvalue weighted by molar-refractivity contribution is 5.94. The summed E-state index contributed by atoms with van der Waals surface area (Å²) in [7, 11) is 0. The highest BCUT2D eigenvalue weighted by Crippen LogP contribution is 2.30. The molecule has 27 heavy (non-hydrogen) atoms. The van der Waals surface area contributed by atoms with Crippen LogP contribution in [0.1, 0.15) is 41.2 Å². The van der Waals surface area contributed by atoms with E-state index in [2.05, 4.69) is 38.5 Å². The van der Waals surface area contributed by atoms with Crippen LogP contribution in [-0.4, -0.2) is 56.8 Å². The van der Waals surface area contributed by atoms with Crippen LogP contribution in [-0.2, 0) is 0 Å². The molecule has 7 heteroatoms. The first-order chi connectivity index (χ1) is 13.3. The molecule has 0 saturated carbocycles. The molecule has 0 aromatic carbocycles. The monoisotopic (exact) mass is 362 g/mol. The molecule has 2 aliphatic rings. The van der Waals surface area contributed by atoms with Crippen molar-refractivity contribution in [3.8, 4) is 0 Å². The fourth-order valence-electron chi connectivity index (χ4n) is 4.20. The van der Waals surface area contributed by atoms with Gasteiger partial charge in [-0.1, -0.05) is 5.21 Å². The van der Waals surface area contributed by atoms with Gasteiger partial charge in [-0.05, 0) is 43.5 Å². The molecule has 0 spiro atoms. The topological polar surface area (TPSA) is 66.6 Å². The van der Waals surface area contributed by atoms with E-state index in [0.717, 1.165) is 37.3 Å². The summed E-state index contributed by atoms with van der Waals surface area (Å²) in [5.41, 5.74) is 3.93. The second kappa shape index (κ2) is 6.64. The highest BCUT2D eigenvalue weighted by atomic mass is 16.2. The lowest BCUT2D eigenvalue weighted by atomic mass is 10.0. The second-order valence-corrected chi connectivity index (χ2v) is 7.36. The average molecular weight is 362 g/mol. The third-order valence-corrected chi connectivity index (χ3v) is 5.69. The first-order valence-corrected chi connectivity index (χ1v) is 9.59. The molecule has 138 valence electrons. The maximum absolute atomic E-state index is 12.7. The van der Waals surface area contributed by atoms with Crippen LogP contribution in [0.5, 0.6) is 0 Å². The molecule has 0 N–H and O–H groups in total. The van der Waals surface area contributed by atoms with E-state index in [9.17, 15) is 4.79 Å². The highest BCUT2D eigenvalue weighted by Gasteiger charge is 2.31. The predicted octanol–water partition coefficient (Wildman–Crippen LogP) is 2.35. The summed E-state index contributed by atoms with van der Waals surface area (Å²) in [6, 6.07) is 7.82. The largest absolute Gasteiger partial charge is 0.370 e. The van der Waals surface area contributed by atoms with Gasteiger partial charge in [-0.15, -0.1) is 5.10 Å². The van der Waals surface area contributed by atoms with Crippen LogP contribution in [0.15, 0.2) is 42.9 Å². The van der Waals surface area contributed by atoms with Crippen molar-refractivity contribution in [2.45, 2.75) is 25.2 Å². The Morgan fingerprint density at radius 1 is 1.04 bits per heavy atom. The van der Waals surface area contributed by atoms with Gasteiger partial charge in [0, 0.05) is 50.1 Å². The lowest BCUT2D eigenvalue weighted by molar-refractivity contribution is 0.0790. The summed E-state index contributed by atoms with van der Waals surface area (Å²) < 4.78 is 1.89. The fraction of sp³-hybridized carbons (Fsp3) is 0.400. The van der Waals surface area contributed by atoms with Crippen molar-refractivity contribution in [2.75, 3.05) is 31.1 Å². The number of likely N-dealkylation sites (tertiary alicyclic amines) is 1. The quantitative estimate of drug-likeness (QED) is 0.716. The van der Waals surface area contributed by atoms with Crippen molar-refractivity contribution in [3.63, 3.8) is 0 Å². The summed E-state index contributed by atoms with van der Waals surface area (Å²) in [6.45, 7) is 3.66. The lowest BCUT2D eigenvalue weighted by Gasteiger charge is -2.17. The van der Waals surface area contributed by atoms with E-state index < -0.39 is 0 Å². The molecule has 1 amide bonds. The van der Waals surface area contributed by atoms with Crippen LogP contribution in [0.2, 0.25) is 0 Å². The molecular weight excluding hydrogens is 340 g/mol. The molecule has 1 atom stereocenters. The number of nitrogens with zero attached hydrogens (tertiary/aromatic N) is 6. The first kappa shape index (κ1) is 16.2. The Bertz CT molecular complexity index is 963. The Morgan fingerprint density at radius 2 is 1.85 bits per heavy atom. The van der Waals surface area contributed by atoms with Crippen molar-refractivity contribution < 1.29 is 4.79 Å². The maximum Gasteiger partial charge on any atom is 0.253 e. The molecule has 2 saturated heterocycles. The minimum Gasteiger partial charge on any atom is -0.370 e. The van der Waals surface area contributed by atoms with Gasteiger partial charge >= 0.3 is 0 Å². The van der Waals surface area contributed by atoms with Crippen LogP contribution in [0.25, 0.3) is 5.52 Å². The Hall–Kier alpha value is -2.96. The Balaban J connectivity index is 1.36. The van der Waals surface area contributed by atoms with Crippen molar-refractivity contribution in [2.24, 2.45) is 0 Å². The van der Waals surface area contributed by atoms with Gasteiger partial charge in [0.05, 0.1) is 23.1 Å². The number of anilines is 1. The first-order valence-electron chi connectivity index (χ1n) is 9.59. The van der Waals surface area contributed by atoms with E-state index >= 15 is 0 Å². The Morgan fingerprint density at radius 3 is 2.67 bits per heavy atom. The average Bonchev–Trinajstić information content (AvgIpc) is 3.47. The van der Waals surface area contributed by atoms with Crippen molar-refractivity contribution in [1.29, 1.82) is 0 Å². The van der Waals surface area contributed by atoms with Crippen molar-refractivity contribution in [3.05, 3.63) is 54.1 Å². The fourth-order valence-corrected chi connectivity index (χ4v) is 4.20. The van der Waals surface area contributed by atoms with E-state index in [1.807, 2.05) is 9.42 Å². The lowest BCUT2D eigenvalue weighted by Crippen LogP contribution is -2.28. The van der Waals surface area contributed by atoms with E-state index in [4.69, 9.17) is 0 Å². The summed E-state index contributed by atoms with van der Waals surface area (Å²) in [6.07, 6.45) is 8.82. The molecule has 1 unspecified atom stereocenters. The van der Waals surface area contributed by atoms with Gasteiger partial charge in [0.25, 0.3) is 5.91 Å². The number of hydrogen-bond acceptors (Lipinski definition) is 5. The smallest absolute Gasteiger partial charge is 0.253 e. The molecule has 0 radical (unpaired) electrons. The van der Waals surface area contributed by atoms with Gasteiger partial charge in [-0.3, -0.25) is 9.78 Å². The molecular formula is C20H22N6O. The summed E-state index contributed by atoms with van der Waals surface area (Å²) in [5, 5.41) is 8.81. The third kappa shape index (κ3) is 2.93. The van der Waals surface area contributed by atoms with Crippen molar-refractivity contribution in [1.82, 2.24) is 24.7 Å². The molecule has 3 aromatic heterocycles. The van der Waals surface area contributed by atoms with Crippen LogP contribution in [0.3, 0.4) is 0 Å². The van der Waals surface area contributed by atoms with Crippen molar-refractivity contribution >= 4 is 17.1 Å². The normalized spacial score (nSPS) is 19.9. The van der Waals surface area contributed by atoms with Gasteiger partial charge < -0.3 is 9.80 Å². The number of rotatable bonds is 3. The van der Waals surface area contributed by atoms with Gasteiger partial charge in [0.2, 0.25) is 0 Å². The molecule has 5 heterocycles. The van der Waals surface area contributed by atoms with E-state index in [1.165, 1.54) is 18.5 Å². The second-order valence-electron chi connectivity index (χ2n) is 7.36. The molecule has 0 aliphatic carbocycles. The van der Waals surface area contributed by atoms with Crippen LogP contribution < -0.4 is 4.90 Å². The summed E-state index contributed by atoms with van der Waals surface area (Å²) >= 11 is 0. The molecule has 3 aromatic rings. The number of fused-ring (bicyclic) bond motifs is 1. The number of carbonyl (C=O) groups is 1.